The minimum absolute atomic E-state index is 0.0320. The molecule has 0 saturated heterocycles. The van der Waals surface area contributed by atoms with Crippen molar-refractivity contribution >= 4 is 5.91 Å². The van der Waals surface area contributed by atoms with Crippen molar-refractivity contribution in [2.45, 2.75) is 46.8 Å². The summed E-state index contributed by atoms with van der Waals surface area (Å²) in [6.45, 7) is 12.7. The molecular weight excluding hydrogens is 364 g/mol. The summed E-state index contributed by atoms with van der Waals surface area (Å²) < 4.78 is 11.5. The lowest BCUT2D eigenvalue weighted by Crippen LogP contribution is -2.31. The number of amides is 1. The van der Waals surface area contributed by atoms with Crippen molar-refractivity contribution in [3.8, 4) is 11.5 Å². The Balaban J connectivity index is 1.71. The van der Waals surface area contributed by atoms with Crippen molar-refractivity contribution in [2.75, 3.05) is 26.3 Å². The number of nitrogens with zero attached hydrogens (tertiary/aromatic N) is 2. The van der Waals surface area contributed by atoms with Gasteiger partial charge in [-0.25, -0.2) is 0 Å². The second-order valence-corrected chi connectivity index (χ2v) is 7.61. The topological polar surface area (TPSA) is 42.0 Å². The van der Waals surface area contributed by atoms with E-state index < -0.39 is 0 Å². The number of rotatable bonds is 8. The molecule has 5 heteroatoms. The van der Waals surface area contributed by atoms with Crippen molar-refractivity contribution < 1.29 is 14.3 Å². The molecule has 1 heterocycles. The van der Waals surface area contributed by atoms with Gasteiger partial charge in [0, 0.05) is 36.8 Å². The van der Waals surface area contributed by atoms with Crippen LogP contribution in [0.4, 0.5) is 0 Å². The molecule has 2 aromatic rings. The Morgan fingerprint density at radius 2 is 1.69 bits per heavy atom. The van der Waals surface area contributed by atoms with Gasteiger partial charge in [-0.05, 0) is 51.1 Å². The summed E-state index contributed by atoms with van der Waals surface area (Å²) >= 11 is 0. The van der Waals surface area contributed by atoms with E-state index >= 15 is 0 Å². The number of carbonyl (C=O) groups excluding carboxylic acids is 1. The molecule has 0 saturated carbocycles. The van der Waals surface area contributed by atoms with E-state index in [4.69, 9.17) is 9.47 Å². The predicted molar refractivity (Wildman–Crippen MR) is 116 cm³/mol. The molecule has 3 rings (SSSR count). The summed E-state index contributed by atoms with van der Waals surface area (Å²) in [4.78, 5) is 17.3. The molecule has 0 unspecified atom stereocenters. The number of hydrogen-bond acceptors (Lipinski definition) is 4. The molecule has 1 amide bonds. The lowest BCUT2D eigenvalue weighted by Gasteiger charge is -2.26. The first kappa shape index (κ1) is 21.2. The first-order valence-corrected chi connectivity index (χ1v) is 10.5. The fourth-order valence-corrected chi connectivity index (χ4v) is 3.62. The zero-order valence-corrected chi connectivity index (χ0v) is 18.0. The van der Waals surface area contributed by atoms with Crippen molar-refractivity contribution in [2.24, 2.45) is 0 Å². The summed E-state index contributed by atoms with van der Waals surface area (Å²) in [6, 6.07) is 14.4. The molecule has 29 heavy (non-hydrogen) atoms. The minimum Gasteiger partial charge on any atom is -0.486 e. The van der Waals surface area contributed by atoms with Gasteiger partial charge in [-0.2, -0.15) is 0 Å². The zero-order chi connectivity index (χ0) is 20.8. The molecule has 0 atom stereocenters. The molecule has 0 radical (unpaired) electrons. The van der Waals surface area contributed by atoms with Crippen LogP contribution in [-0.2, 0) is 13.1 Å². The quantitative estimate of drug-likeness (QED) is 0.665. The first-order chi connectivity index (χ1) is 14.0. The molecule has 2 aromatic carbocycles. The van der Waals surface area contributed by atoms with Crippen LogP contribution in [-0.4, -0.2) is 48.1 Å². The third-order valence-corrected chi connectivity index (χ3v) is 5.40. The molecule has 5 nitrogen and oxygen atoms in total. The highest BCUT2D eigenvalue weighted by molar-refractivity contribution is 5.94. The van der Waals surface area contributed by atoms with Gasteiger partial charge in [0.15, 0.2) is 11.5 Å². The Hall–Kier alpha value is -2.53. The van der Waals surface area contributed by atoms with Crippen LogP contribution in [0.15, 0.2) is 42.5 Å². The Morgan fingerprint density at radius 1 is 0.966 bits per heavy atom. The van der Waals surface area contributed by atoms with Crippen molar-refractivity contribution in [1.29, 1.82) is 0 Å². The maximum Gasteiger partial charge on any atom is 0.254 e. The largest absolute Gasteiger partial charge is 0.486 e. The highest BCUT2D eigenvalue weighted by Gasteiger charge is 2.20. The maximum absolute atomic E-state index is 13.1. The first-order valence-electron chi connectivity index (χ1n) is 10.5. The molecule has 0 spiro atoms. The normalized spacial score (nSPS) is 13.0. The number of hydrogen-bond donors (Lipinski definition) is 0. The Labute approximate surface area is 174 Å². The standard InChI is InChI=1S/C24H32N2O3/c1-5-25(18(3)4)16-19-10-12-20(13-11-19)24(27)26(6-2)17-21-8-7-9-22-23(21)29-15-14-28-22/h7-13,18H,5-6,14-17H2,1-4H3. The van der Waals surface area contributed by atoms with Crippen LogP contribution in [0, 0.1) is 0 Å². The third kappa shape index (κ3) is 5.10. The van der Waals surface area contributed by atoms with E-state index in [-0.39, 0.29) is 5.91 Å². The average molecular weight is 397 g/mol. The fraction of sp³-hybridized carbons (Fsp3) is 0.458. The van der Waals surface area contributed by atoms with E-state index in [1.807, 2.05) is 42.2 Å². The molecule has 0 N–H and O–H groups in total. The molecular formula is C24H32N2O3. The summed E-state index contributed by atoms with van der Waals surface area (Å²) in [5.74, 6) is 1.55. The molecule has 0 bridgehead atoms. The van der Waals surface area contributed by atoms with Crippen molar-refractivity contribution in [1.82, 2.24) is 9.80 Å². The number of fused-ring (bicyclic) bond motifs is 1. The third-order valence-electron chi connectivity index (χ3n) is 5.40. The van der Waals surface area contributed by atoms with Gasteiger partial charge in [-0.3, -0.25) is 9.69 Å². The lowest BCUT2D eigenvalue weighted by atomic mass is 10.1. The van der Waals surface area contributed by atoms with Crippen LogP contribution >= 0.6 is 0 Å². The van der Waals surface area contributed by atoms with Gasteiger partial charge < -0.3 is 14.4 Å². The summed E-state index contributed by atoms with van der Waals surface area (Å²) in [7, 11) is 0. The molecule has 156 valence electrons. The van der Waals surface area contributed by atoms with Gasteiger partial charge in [-0.15, -0.1) is 0 Å². The Morgan fingerprint density at radius 3 is 2.34 bits per heavy atom. The number of ether oxygens (including phenoxy) is 2. The highest BCUT2D eigenvalue weighted by atomic mass is 16.6. The zero-order valence-electron chi connectivity index (χ0n) is 18.0. The maximum atomic E-state index is 13.1. The summed E-state index contributed by atoms with van der Waals surface area (Å²) in [6.07, 6.45) is 0. The molecule has 0 aliphatic carbocycles. The SMILES string of the molecule is CCN(Cc1cccc2c1OCCO2)C(=O)c1ccc(CN(CC)C(C)C)cc1. The molecule has 1 aliphatic rings. The average Bonchev–Trinajstić information content (AvgIpc) is 2.75. The van der Waals surface area contributed by atoms with Crippen LogP contribution in [0.5, 0.6) is 11.5 Å². The monoisotopic (exact) mass is 396 g/mol. The van der Waals surface area contributed by atoms with Crippen LogP contribution in [0.1, 0.15) is 49.2 Å². The van der Waals surface area contributed by atoms with Crippen LogP contribution in [0.2, 0.25) is 0 Å². The van der Waals surface area contributed by atoms with E-state index in [2.05, 4.69) is 37.8 Å². The lowest BCUT2D eigenvalue weighted by molar-refractivity contribution is 0.0749. The molecule has 1 aliphatic heterocycles. The van der Waals surface area contributed by atoms with Crippen LogP contribution < -0.4 is 9.47 Å². The van der Waals surface area contributed by atoms with Crippen molar-refractivity contribution in [3.05, 3.63) is 59.2 Å². The van der Waals surface area contributed by atoms with Gasteiger partial charge in [0.25, 0.3) is 5.91 Å². The molecule has 0 aromatic heterocycles. The van der Waals surface area contributed by atoms with Crippen LogP contribution in [0.25, 0.3) is 0 Å². The summed E-state index contributed by atoms with van der Waals surface area (Å²) in [5, 5.41) is 0. The number of benzene rings is 2. The van der Waals surface area contributed by atoms with Gasteiger partial charge in [0.05, 0.1) is 0 Å². The second kappa shape index (κ2) is 9.79. The Bertz CT molecular complexity index is 817. The predicted octanol–water partition coefficient (Wildman–Crippen LogP) is 4.35. The van der Waals surface area contributed by atoms with Gasteiger partial charge in [-0.1, -0.05) is 31.2 Å². The van der Waals surface area contributed by atoms with E-state index in [9.17, 15) is 4.79 Å². The minimum atomic E-state index is 0.0320. The number of para-hydroxylation sites is 1. The fourth-order valence-electron chi connectivity index (χ4n) is 3.62. The van der Waals surface area contributed by atoms with Gasteiger partial charge in [0.1, 0.15) is 13.2 Å². The van der Waals surface area contributed by atoms with Gasteiger partial charge in [0.2, 0.25) is 0 Å². The van der Waals surface area contributed by atoms with E-state index in [1.165, 1.54) is 5.56 Å². The Kier molecular flexibility index (Phi) is 7.15. The van der Waals surface area contributed by atoms with E-state index in [1.54, 1.807) is 0 Å². The highest BCUT2D eigenvalue weighted by Crippen LogP contribution is 2.34. The molecule has 0 fully saturated rings. The van der Waals surface area contributed by atoms with E-state index in [0.717, 1.165) is 30.2 Å². The second-order valence-electron chi connectivity index (χ2n) is 7.61. The van der Waals surface area contributed by atoms with Crippen LogP contribution in [0.3, 0.4) is 0 Å². The smallest absolute Gasteiger partial charge is 0.254 e. The van der Waals surface area contributed by atoms with E-state index in [0.29, 0.717) is 37.9 Å². The van der Waals surface area contributed by atoms with Gasteiger partial charge >= 0.3 is 0 Å². The summed E-state index contributed by atoms with van der Waals surface area (Å²) in [5.41, 5.74) is 2.91. The van der Waals surface area contributed by atoms with Crippen molar-refractivity contribution in [3.63, 3.8) is 0 Å². The number of carbonyl (C=O) groups is 1.